The molecule has 2 aromatic rings. The maximum atomic E-state index is 5.59. The molecule has 0 aliphatic rings. The van der Waals surface area contributed by atoms with Crippen LogP contribution in [0.4, 0.5) is 0 Å². The van der Waals surface area contributed by atoms with Crippen LogP contribution in [0.25, 0.3) is 5.65 Å². The quantitative estimate of drug-likeness (QED) is 0.455. The zero-order valence-corrected chi connectivity index (χ0v) is 9.00. The Morgan fingerprint density at radius 1 is 1.43 bits per heavy atom. The molecule has 74 valence electrons. The number of hydrogen-bond acceptors (Lipinski definition) is 4. The van der Waals surface area contributed by atoms with Crippen molar-refractivity contribution in [2.75, 3.05) is 11.6 Å². The number of alkyl halides is 1. The summed E-state index contributed by atoms with van der Waals surface area (Å²) in [6, 6.07) is 3.85. The van der Waals surface area contributed by atoms with E-state index in [4.69, 9.17) is 11.6 Å². The highest BCUT2D eigenvalue weighted by Gasteiger charge is 1.99. The van der Waals surface area contributed by atoms with E-state index in [0.29, 0.717) is 5.88 Å². The number of halogens is 1. The third kappa shape index (κ3) is 2.16. The van der Waals surface area contributed by atoms with Crippen LogP contribution < -0.4 is 0 Å². The highest BCUT2D eigenvalue weighted by Crippen LogP contribution is 2.15. The van der Waals surface area contributed by atoms with Gasteiger partial charge in [-0.25, -0.2) is 0 Å². The van der Waals surface area contributed by atoms with E-state index in [0.717, 1.165) is 22.8 Å². The second-order valence-electron chi connectivity index (χ2n) is 2.70. The Labute approximate surface area is 90.7 Å². The molecule has 0 N–H and O–H groups in total. The van der Waals surface area contributed by atoms with Gasteiger partial charge < -0.3 is 0 Å². The molecule has 0 saturated heterocycles. The molecule has 0 aliphatic heterocycles. The lowest BCUT2D eigenvalue weighted by Gasteiger charge is -1.98. The molecule has 0 fully saturated rings. The van der Waals surface area contributed by atoms with E-state index in [1.807, 2.05) is 12.1 Å². The molecule has 0 spiro atoms. The summed E-state index contributed by atoms with van der Waals surface area (Å²) in [4.78, 5) is 0. The molecule has 2 rings (SSSR count). The summed E-state index contributed by atoms with van der Waals surface area (Å²) in [6.45, 7) is 0. The fraction of sp³-hybridized carbons (Fsp3) is 0.375. The molecule has 0 unspecified atom stereocenters. The number of thioether (sulfide) groups is 1. The Morgan fingerprint density at radius 2 is 2.36 bits per heavy atom. The van der Waals surface area contributed by atoms with Gasteiger partial charge in [-0.05, 0) is 18.6 Å². The fourth-order valence-electron chi connectivity index (χ4n) is 1.02. The van der Waals surface area contributed by atoms with Gasteiger partial charge in [0.05, 0.1) is 0 Å². The Hall–Kier alpha value is -0.810. The summed E-state index contributed by atoms with van der Waals surface area (Å²) in [5.41, 5.74) is 0.770. The van der Waals surface area contributed by atoms with E-state index >= 15 is 0 Å². The molecule has 2 aromatic heterocycles. The molecule has 2 heterocycles. The van der Waals surface area contributed by atoms with Crippen molar-refractivity contribution in [1.82, 2.24) is 19.8 Å². The minimum absolute atomic E-state index is 0.696. The predicted octanol–water partition coefficient (Wildman–Crippen LogP) is 1.85. The maximum absolute atomic E-state index is 5.59. The molecular formula is C8H9ClN4S. The van der Waals surface area contributed by atoms with Gasteiger partial charge in [0.1, 0.15) is 11.4 Å². The smallest absolute Gasteiger partial charge is 0.177 e. The Bertz CT molecular complexity index is 416. The summed E-state index contributed by atoms with van der Waals surface area (Å²) >= 11 is 7.28. The molecule has 0 amide bonds. The van der Waals surface area contributed by atoms with Crippen LogP contribution in [-0.4, -0.2) is 31.4 Å². The third-order valence-electron chi connectivity index (χ3n) is 1.67. The Morgan fingerprint density at radius 3 is 3.21 bits per heavy atom. The zero-order chi connectivity index (χ0) is 9.80. The number of hydrogen-bond donors (Lipinski definition) is 0. The third-order valence-corrected chi connectivity index (χ3v) is 2.94. The highest BCUT2D eigenvalue weighted by atomic mass is 35.5. The molecule has 0 radical (unpaired) electrons. The molecule has 4 nitrogen and oxygen atoms in total. The van der Waals surface area contributed by atoms with Crippen molar-refractivity contribution in [3.8, 4) is 0 Å². The van der Waals surface area contributed by atoms with Crippen LogP contribution in [0.3, 0.4) is 0 Å². The number of fused-ring (bicyclic) bond motifs is 1. The second kappa shape index (κ2) is 4.61. The molecule has 0 atom stereocenters. The Balaban J connectivity index is 2.10. The average Bonchev–Trinajstić information content (AvgIpc) is 2.65. The first-order valence-corrected chi connectivity index (χ1v) is 5.78. The van der Waals surface area contributed by atoms with Crippen molar-refractivity contribution >= 4 is 29.0 Å². The van der Waals surface area contributed by atoms with Crippen LogP contribution in [0.2, 0.25) is 0 Å². The standard InChI is InChI=1S/C8H9ClN4S/c9-4-1-5-14-8-3-2-7-11-10-6-13(7)12-8/h2-3,6H,1,4-5H2. The van der Waals surface area contributed by atoms with Crippen molar-refractivity contribution in [2.24, 2.45) is 0 Å². The lowest BCUT2D eigenvalue weighted by molar-refractivity contribution is 0.852. The SMILES string of the molecule is ClCCCSc1ccc2nncn2n1. The van der Waals surface area contributed by atoms with E-state index in [9.17, 15) is 0 Å². The minimum Gasteiger partial charge on any atom is -0.199 e. The van der Waals surface area contributed by atoms with Crippen molar-refractivity contribution in [2.45, 2.75) is 11.4 Å². The maximum Gasteiger partial charge on any atom is 0.177 e. The highest BCUT2D eigenvalue weighted by molar-refractivity contribution is 7.99. The van der Waals surface area contributed by atoms with Gasteiger partial charge in [-0.1, -0.05) is 0 Å². The van der Waals surface area contributed by atoms with E-state index in [2.05, 4.69) is 15.3 Å². The van der Waals surface area contributed by atoms with Crippen molar-refractivity contribution in [1.29, 1.82) is 0 Å². The molecule has 0 aliphatic carbocycles. The van der Waals surface area contributed by atoms with Gasteiger partial charge >= 0.3 is 0 Å². The van der Waals surface area contributed by atoms with Gasteiger partial charge in [-0.2, -0.15) is 9.61 Å². The summed E-state index contributed by atoms with van der Waals surface area (Å²) in [6.07, 6.45) is 2.59. The lowest BCUT2D eigenvalue weighted by Crippen LogP contribution is -1.92. The van der Waals surface area contributed by atoms with Gasteiger partial charge in [0.2, 0.25) is 0 Å². The first kappa shape index (κ1) is 9.73. The number of rotatable bonds is 4. The molecule has 6 heteroatoms. The van der Waals surface area contributed by atoms with E-state index < -0.39 is 0 Å². The van der Waals surface area contributed by atoms with E-state index in [-0.39, 0.29) is 0 Å². The van der Waals surface area contributed by atoms with Gasteiger partial charge in [-0.15, -0.1) is 33.6 Å². The molecule has 0 saturated carbocycles. The van der Waals surface area contributed by atoms with Crippen LogP contribution in [0, 0.1) is 0 Å². The van der Waals surface area contributed by atoms with Crippen molar-refractivity contribution in [3.05, 3.63) is 18.5 Å². The first-order valence-electron chi connectivity index (χ1n) is 4.26. The van der Waals surface area contributed by atoms with Crippen LogP contribution in [0.5, 0.6) is 0 Å². The molecule has 0 aromatic carbocycles. The average molecular weight is 229 g/mol. The van der Waals surface area contributed by atoms with Crippen molar-refractivity contribution in [3.63, 3.8) is 0 Å². The van der Waals surface area contributed by atoms with Crippen LogP contribution in [0.15, 0.2) is 23.5 Å². The van der Waals surface area contributed by atoms with Gasteiger partial charge in [0.25, 0.3) is 0 Å². The zero-order valence-electron chi connectivity index (χ0n) is 7.43. The van der Waals surface area contributed by atoms with E-state index in [1.54, 1.807) is 22.6 Å². The minimum atomic E-state index is 0.696. The van der Waals surface area contributed by atoms with Gasteiger partial charge in [0, 0.05) is 11.6 Å². The Kier molecular flexibility index (Phi) is 3.21. The first-order chi connectivity index (χ1) is 6.90. The van der Waals surface area contributed by atoms with Crippen molar-refractivity contribution < 1.29 is 0 Å². The van der Waals surface area contributed by atoms with Crippen LogP contribution in [0.1, 0.15) is 6.42 Å². The number of aromatic nitrogens is 4. The summed E-state index contributed by atoms with van der Waals surface area (Å²) < 4.78 is 1.67. The number of nitrogens with zero attached hydrogens (tertiary/aromatic N) is 4. The summed E-state index contributed by atoms with van der Waals surface area (Å²) in [5, 5.41) is 12.9. The van der Waals surface area contributed by atoms with Crippen LogP contribution in [-0.2, 0) is 0 Å². The summed E-state index contributed by atoms with van der Waals surface area (Å²) in [5.74, 6) is 1.69. The molecule has 14 heavy (non-hydrogen) atoms. The summed E-state index contributed by atoms with van der Waals surface area (Å²) in [7, 11) is 0. The largest absolute Gasteiger partial charge is 0.199 e. The second-order valence-corrected chi connectivity index (χ2v) is 4.19. The molecular weight excluding hydrogens is 220 g/mol. The fourth-order valence-corrected chi connectivity index (χ4v) is 2.12. The monoisotopic (exact) mass is 228 g/mol. The molecule has 0 bridgehead atoms. The predicted molar refractivity (Wildman–Crippen MR) is 56.8 cm³/mol. The van der Waals surface area contributed by atoms with Gasteiger partial charge in [-0.3, -0.25) is 0 Å². The van der Waals surface area contributed by atoms with Gasteiger partial charge in [0.15, 0.2) is 5.65 Å². The lowest BCUT2D eigenvalue weighted by atomic mass is 10.6. The normalized spacial score (nSPS) is 10.9. The van der Waals surface area contributed by atoms with E-state index in [1.165, 1.54) is 0 Å². The topological polar surface area (TPSA) is 43.1 Å². The van der Waals surface area contributed by atoms with Crippen LogP contribution >= 0.6 is 23.4 Å².